The molecule has 0 heteroatoms. The normalized spacial score (nSPS) is 73.1. The van der Waals surface area contributed by atoms with E-state index in [9.17, 15) is 0 Å². The van der Waals surface area contributed by atoms with Crippen LogP contribution in [0.25, 0.3) is 0 Å². The molecule has 4 rings (SSSR count). The summed E-state index contributed by atoms with van der Waals surface area (Å²) in [5, 5.41) is 0. The molecule has 4 aliphatic rings. The van der Waals surface area contributed by atoms with Crippen LogP contribution in [0, 0.1) is 51.2 Å². The summed E-state index contributed by atoms with van der Waals surface area (Å²) in [6.45, 7) is 18.2. The smallest absolute Gasteiger partial charge is 0.0184 e. The van der Waals surface area contributed by atoms with Gasteiger partial charge in [-0.3, -0.25) is 0 Å². The Bertz CT molecular complexity index is 453. The van der Waals surface area contributed by atoms with Gasteiger partial charge in [-0.05, 0) is 64.1 Å². The van der Waals surface area contributed by atoms with Crippen LogP contribution in [0.2, 0.25) is 0 Å². The molecule has 9 unspecified atom stereocenters. The SMILES string of the molecule is CCC1C2C3C(C)C2(C)CC2(C)CC(C)(C3C)C12C. The van der Waals surface area contributed by atoms with E-state index in [0.717, 1.165) is 29.6 Å². The molecule has 4 aliphatic carbocycles. The van der Waals surface area contributed by atoms with E-state index in [4.69, 9.17) is 0 Å². The van der Waals surface area contributed by atoms with Crippen LogP contribution in [-0.4, -0.2) is 0 Å². The molecule has 0 saturated heterocycles. The molecule has 9 atom stereocenters. The second-order valence-electron chi connectivity index (χ2n) is 9.74. The maximum absolute atomic E-state index is 2.68. The zero-order valence-corrected chi connectivity index (χ0v) is 14.0. The lowest BCUT2D eigenvalue weighted by atomic mass is 9.16. The van der Waals surface area contributed by atoms with Crippen LogP contribution in [0.5, 0.6) is 0 Å². The van der Waals surface area contributed by atoms with E-state index >= 15 is 0 Å². The quantitative estimate of drug-likeness (QED) is 0.594. The number of rotatable bonds is 1. The molecule has 19 heavy (non-hydrogen) atoms. The topological polar surface area (TPSA) is 0 Å². The van der Waals surface area contributed by atoms with Gasteiger partial charge >= 0.3 is 0 Å². The van der Waals surface area contributed by atoms with Gasteiger partial charge in [-0.25, -0.2) is 0 Å². The molecule has 4 fully saturated rings. The molecular weight excluding hydrogens is 228 g/mol. The maximum atomic E-state index is 2.68. The van der Waals surface area contributed by atoms with Gasteiger partial charge in [-0.2, -0.15) is 0 Å². The van der Waals surface area contributed by atoms with E-state index in [0.29, 0.717) is 21.7 Å². The first-order chi connectivity index (χ1) is 8.67. The first kappa shape index (κ1) is 12.7. The second-order valence-corrected chi connectivity index (χ2v) is 9.74. The van der Waals surface area contributed by atoms with Crippen LogP contribution in [0.3, 0.4) is 0 Å². The fourth-order valence-corrected chi connectivity index (χ4v) is 8.92. The van der Waals surface area contributed by atoms with E-state index in [2.05, 4.69) is 48.5 Å². The predicted octanol–water partition coefficient (Wildman–Crippen LogP) is 5.38. The summed E-state index contributed by atoms with van der Waals surface area (Å²) in [5.41, 5.74) is 2.53. The minimum atomic E-state index is 0.620. The maximum Gasteiger partial charge on any atom is -0.0184 e. The highest BCUT2D eigenvalue weighted by Gasteiger charge is 2.84. The molecule has 4 saturated carbocycles. The molecule has 0 spiro atoms. The van der Waals surface area contributed by atoms with Gasteiger partial charge in [0.05, 0.1) is 0 Å². The van der Waals surface area contributed by atoms with Crippen LogP contribution in [0.15, 0.2) is 0 Å². The Hall–Kier alpha value is 0. The molecule has 0 aromatic rings. The summed E-state index contributed by atoms with van der Waals surface area (Å²) >= 11 is 0. The monoisotopic (exact) mass is 260 g/mol. The Morgan fingerprint density at radius 1 is 0.947 bits per heavy atom. The van der Waals surface area contributed by atoms with Gasteiger partial charge in [0, 0.05) is 0 Å². The minimum Gasteiger partial charge on any atom is -0.0651 e. The second kappa shape index (κ2) is 2.95. The van der Waals surface area contributed by atoms with Crippen molar-refractivity contribution in [1.29, 1.82) is 0 Å². The lowest BCUT2D eigenvalue weighted by Gasteiger charge is -2.88. The predicted molar refractivity (Wildman–Crippen MR) is 80.8 cm³/mol. The van der Waals surface area contributed by atoms with Gasteiger partial charge in [0.1, 0.15) is 0 Å². The van der Waals surface area contributed by atoms with Gasteiger partial charge in [-0.1, -0.05) is 54.9 Å². The standard InChI is InChI=1S/C19H32/c1-8-13-15-14-11(2)17(15,5)9-16(4)10-18(6,12(14)3)19(13,16)7/h11-15H,8-10H2,1-7H3. The highest BCUT2D eigenvalue weighted by molar-refractivity contribution is 5.31. The molecule has 0 amide bonds. The first-order valence-electron chi connectivity index (χ1n) is 8.67. The Labute approximate surface area is 119 Å². The largest absolute Gasteiger partial charge is 0.0651 e. The molecule has 0 nitrogen and oxygen atoms in total. The minimum absolute atomic E-state index is 0.620. The van der Waals surface area contributed by atoms with Gasteiger partial charge in [0.25, 0.3) is 0 Å². The molecule has 0 aromatic carbocycles. The zero-order chi connectivity index (χ0) is 14.0. The van der Waals surface area contributed by atoms with Crippen LogP contribution in [0.4, 0.5) is 0 Å². The van der Waals surface area contributed by atoms with Crippen LogP contribution < -0.4 is 0 Å². The van der Waals surface area contributed by atoms with E-state index in [1.807, 2.05) is 0 Å². The summed E-state index contributed by atoms with van der Waals surface area (Å²) in [6.07, 6.45) is 4.43. The van der Waals surface area contributed by atoms with Crippen LogP contribution in [-0.2, 0) is 0 Å². The van der Waals surface area contributed by atoms with Gasteiger partial charge in [0.15, 0.2) is 0 Å². The van der Waals surface area contributed by atoms with E-state index < -0.39 is 0 Å². The molecule has 2 bridgehead atoms. The van der Waals surface area contributed by atoms with Crippen molar-refractivity contribution in [1.82, 2.24) is 0 Å². The van der Waals surface area contributed by atoms with Crippen LogP contribution >= 0.6 is 0 Å². The fraction of sp³-hybridized carbons (Fsp3) is 1.00. The average molecular weight is 260 g/mol. The van der Waals surface area contributed by atoms with Gasteiger partial charge in [0.2, 0.25) is 0 Å². The van der Waals surface area contributed by atoms with Crippen molar-refractivity contribution >= 4 is 0 Å². The third-order valence-corrected chi connectivity index (χ3v) is 9.96. The van der Waals surface area contributed by atoms with Crippen molar-refractivity contribution in [3.05, 3.63) is 0 Å². The molecule has 0 aliphatic heterocycles. The van der Waals surface area contributed by atoms with Gasteiger partial charge in [-0.15, -0.1) is 0 Å². The molecule has 0 radical (unpaired) electrons. The highest BCUT2D eigenvalue weighted by Crippen LogP contribution is 2.89. The first-order valence-corrected chi connectivity index (χ1v) is 8.67. The molecule has 0 aromatic heterocycles. The summed E-state index contributed by atoms with van der Waals surface area (Å²) < 4.78 is 0. The fourth-order valence-electron chi connectivity index (χ4n) is 8.92. The zero-order valence-electron chi connectivity index (χ0n) is 14.0. The van der Waals surface area contributed by atoms with Crippen molar-refractivity contribution in [3.63, 3.8) is 0 Å². The third-order valence-electron chi connectivity index (χ3n) is 9.96. The Morgan fingerprint density at radius 2 is 1.58 bits per heavy atom. The van der Waals surface area contributed by atoms with Crippen molar-refractivity contribution in [2.45, 2.75) is 67.7 Å². The van der Waals surface area contributed by atoms with E-state index in [-0.39, 0.29) is 0 Å². The number of hydrogen-bond acceptors (Lipinski definition) is 0. The summed E-state index contributed by atoms with van der Waals surface area (Å²) in [6, 6.07) is 0. The van der Waals surface area contributed by atoms with Crippen molar-refractivity contribution in [2.75, 3.05) is 0 Å². The van der Waals surface area contributed by atoms with Crippen LogP contribution in [0.1, 0.15) is 67.7 Å². The average Bonchev–Trinajstić information content (AvgIpc) is 2.34. The lowest BCUT2D eigenvalue weighted by molar-refractivity contribution is -0.407. The third kappa shape index (κ3) is 0.889. The van der Waals surface area contributed by atoms with Crippen molar-refractivity contribution in [3.8, 4) is 0 Å². The molecule has 108 valence electrons. The molecular formula is C19H32. The highest BCUT2D eigenvalue weighted by atomic mass is 14.9. The van der Waals surface area contributed by atoms with Gasteiger partial charge < -0.3 is 0 Å². The Morgan fingerprint density at radius 3 is 2.16 bits per heavy atom. The Kier molecular flexibility index (Phi) is 1.97. The molecule has 0 heterocycles. The van der Waals surface area contributed by atoms with E-state index in [1.165, 1.54) is 19.3 Å². The van der Waals surface area contributed by atoms with Crippen molar-refractivity contribution in [2.24, 2.45) is 51.2 Å². The Balaban J connectivity index is 1.93. The summed E-state index contributed by atoms with van der Waals surface area (Å²) in [4.78, 5) is 0. The molecule has 0 N–H and O–H groups in total. The van der Waals surface area contributed by atoms with E-state index in [1.54, 1.807) is 0 Å². The van der Waals surface area contributed by atoms with Crippen molar-refractivity contribution < 1.29 is 0 Å². The summed E-state index contributed by atoms with van der Waals surface area (Å²) in [5.74, 6) is 4.96. The number of hydrogen-bond donors (Lipinski definition) is 0. The lowest BCUT2D eigenvalue weighted by Crippen LogP contribution is -2.83. The summed E-state index contributed by atoms with van der Waals surface area (Å²) in [7, 11) is 0.